The van der Waals surface area contributed by atoms with Gasteiger partial charge in [-0.25, -0.2) is 4.68 Å². The number of anilines is 1. The molecule has 0 bridgehead atoms. The Morgan fingerprint density at radius 3 is 2.58 bits per heavy atom. The highest BCUT2D eigenvalue weighted by Crippen LogP contribution is 2.24. The van der Waals surface area contributed by atoms with Gasteiger partial charge in [0.25, 0.3) is 11.5 Å². The van der Waals surface area contributed by atoms with Crippen molar-refractivity contribution >= 4 is 22.4 Å². The van der Waals surface area contributed by atoms with Crippen LogP contribution in [0.3, 0.4) is 0 Å². The number of benzene rings is 2. The van der Waals surface area contributed by atoms with Crippen LogP contribution in [-0.4, -0.2) is 30.5 Å². The van der Waals surface area contributed by atoms with Crippen LogP contribution in [0.2, 0.25) is 0 Å². The predicted octanol–water partition coefficient (Wildman–Crippen LogP) is 4.04. The van der Waals surface area contributed by atoms with Gasteiger partial charge in [0.15, 0.2) is 11.5 Å². The molecule has 2 aromatic heterocycles. The van der Waals surface area contributed by atoms with Gasteiger partial charge in [-0.05, 0) is 49.6 Å². The van der Waals surface area contributed by atoms with Crippen molar-refractivity contribution in [1.82, 2.24) is 24.5 Å². The Morgan fingerprint density at radius 2 is 1.79 bits per heavy atom. The summed E-state index contributed by atoms with van der Waals surface area (Å²) in [6.45, 7) is 3.36. The second-order valence-corrected chi connectivity index (χ2v) is 8.36. The zero-order valence-electron chi connectivity index (χ0n) is 18.6. The Kier molecular flexibility index (Phi) is 5.73. The molecule has 168 valence electrons. The molecule has 3 heterocycles. The molecule has 8 heteroatoms. The van der Waals surface area contributed by atoms with E-state index in [2.05, 4.69) is 25.2 Å². The number of hydrogen-bond donors (Lipinski definition) is 1. The lowest BCUT2D eigenvalue weighted by atomic mass is 10.1. The van der Waals surface area contributed by atoms with Crippen molar-refractivity contribution in [1.29, 1.82) is 0 Å². The number of aryl methyl sites for hydroxylation is 2. The molecule has 0 unspecified atom stereocenters. The molecule has 2 aromatic carbocycles. The second kappa shape index (κ2) is 8.97. The minimum Gasteiger partial charge on any atom is -0.321 e. The number of fused-ring (bicyclic) bond motifs is 2. The summed E-state index contributed by atoms with van der Waals surface area (Å²) in [6, 6.07) is 14.7. The van der Waals surface area contributed by atoms with E-state index in [1.807, 2.05) is 31.2 Å². The molecule has 0 atom stereocenters. The Hall–Kier alpha value is -3.81. The number of nitrogens with one attached hydrogen (secondary N) is 1. The Bertz CT molecular complexity index is 1370. The van der Waals surface area contributed by atoms with Gasteiger partial charge in [-0.2, -0.15) is 5.10 Å². The van der Waals surface area contributed by atoms with E-state index in [-0.39, 0.29) is 17.2 Å². The van der Waals surface area contributed by atoms with Crippen molar-refractivity contribution in [2.24, 2.45) is 0 Å². The van der Waals surface area contributed by atoms with Gasteiger partial charge >= 0.3 is 0 Å². The number of hydrogen-bond acceptors (Lipinski definition) is 5. The highest BCUT2D eigenvalue weighted by molar-refractivity contribution is 6.11. The first-order chi connectivity index (χ1) is 16.2. The fourth-order valence-corrected chi connectivity index (χ4v) is 4.36. The first kappa shape index (κ1) is 21.1. The summed E-state index contributed by atoms with van der Waals surface area (Å²) < 4.78 is 3.57. The topological polar surface area (TPSA) is 94.7 Å². The van der Waals surface area contributed by atoms with Crippen LogP contribution in [0.5, 0.6) is 0 Å². The maximum Gasteiger partial charge on any atom is 0.276 e. The molecular weight excluding hydrogens is 416 g/mol. The number of nitrogens with zero attached hydrogens (tertiary/aromatic N) is 5. The molecular formula is C25H26N6O2. The van der Waals surface area contributed by atoms with Gasteiger partial charge in [0.1, 0.15) is 5.82 Å². The van der Waals surface area contributed by atoms with Crippen LogP contribution in [0.15, 0.2) is 53.3 Å². The normalized spacial score (nSPS) is 13.5. The average molecular weight is 443 g/mol. The Morgan fingerprint density at radius 1 is 1.00 bits per heavy atom. The van der Waals surface area contributed by atoms with Gasteiger partial charge < -0.3 is 9.88 Å². The monoisotopic (exact) mass is 442 g/mol. The molecule has 0 saturated carbocycles. The van der Waals surface area contributed by atoms with E-state index in [0.717, 1.165) is 49.4 Å². The molecule has 8 nitrogen and oxygen atoms in total. The van der Waals surface area contributed by atoms with Crippen LogP contribution in [0.25, 0.3) is 22.2 Å². The quantitative estimate of drug-likeness (QED) is 0.503. The number of carbonyl (C=O) groups excluding carboxylic acids is 1. The number of amides is 1. The predicted molar refractivity (Wildman–Crippen MR) is 127 cm³/mol. The van der Waals surface area contributed by atoms with Crippen molar-refractivity contribution in [3.8, 4) is 11.4 Å². The van der Waals surface area contributed by atoms with Crippen molar-refractivity contribution in [3.63, 3.8) is 0 Å². The molecule has 0 spiro atoms. The molecule has 0 aliphatic carbocycles. The average Bonchev–Trinajstić information content (AvgIpc) is 3.09. The Labute approximate surface area is 191 Å². The minimum absolute atomic E-state index is 0.180. The molecule has 0 saturated heterocycles. The lowest BCUT2D eigenvalue weighted by Crippen LogP contribution is -2.27. The summed E-state index contributed by atoms with van der Waals surface area (Å²) in [5.41, 5.74) is 1.68. The molecule has 4 aromatic rings. The molecule has 33 heavy (non-hydrogen) atoms. The first-order valence-electron chi connectivity index (χ1n) is 11.5. The van der Waals surface area contributed by atoms with Crippen LogP contribution >= 0.6 is 0 Å². The Balaban J connectivity index is 1.42. The summed E-state index contributed by atoms with van der Waals surface area (Å²) in [5, 5.41) is 17.1. The summed E-state index contributed by atoms with van der Waals surface area (Å²) in [4.78, 5) is 25.8. The van der Waals surface area contributed by atoms with E-state index in [0.29, 0.717) is 23.0 Å². The van der Waals surface area contributed by atoms with E-state index >= 15 is 0 Å². The molecule has 1 aliphatic rings. The smallest absolute Gasteiger partial charge is 0.276 e. The standard InChI is InChI=1S/C25H26N6O2/c1-2-15-31-25(33)20-9-6-5-8-19(20)22(29-31)24(32)26-18-13-11-17(12-14-18)23-28-27-21-10-4-3-7-16-30(21)23/h5-6,8-9,11-14H,2-4,7,10,15-16H2,1H3,(H,26,32). The van der Waals surface area contributed by atoms with E-state index in [1.54, 1.807) is 24.3 Å². The largest absolute Gasteiger partial charge is 0.321 e. The zero-order chi connectivity index (χ0) is 22.8. The molecule has 0 radical (unpaired) electrons. The summed E-state index contributed by atoms with van der Waals surface area (Å²) in [5.74, 6) is 1.56. The number of carbonyl (C=O) groups is 1. The summed E-state index contributed by atoms with van der Waals surface area (Å²) in [7, 11) is 0. The molecule has 1 aliphatic heterocycles. The minimum atomic E-state index is -0.347. The van der Waals surface area contributed by atoms with Crippen molar-refractivity contribution in [3.05, 3.63) is 70.4 Å². The van der Waals surface area contributed by atoms with Crippen molar-refractivity contribution in [2.45, 2.75) is 52.1 Å². The van der Waals surface area contributed by atoms with E-state index in [9.17, 15) is 9.59 Å². The molecule has 1 amide bonds. The van der Waals surface area contributed by atoms with Crippen LogP contribution in [-0.2, 0) is 19.5 Å². The van der Waals surface area contributed by atoms with E-state index in [4.69, 9.17) is 0 Å². The fraction of sp³-hybridized carbons (Fsp3) is 0.320. The zero-order valence-corrected chi connectivity index (χ0v) is 18.6. The number of rotatable bonds is 5. The fourth-order valence-electron chi connectivity index (χ4n) is 4.36. The highest BCUT2D eigenvalue weighted by atomic mass is 16.2. The maximum atomic E-state index is 13.1. The van der Waals surface area contributed by atoms with Gasteiger partial charge in [-0.3, -0.25) is 9.59 Å². The lowest BCUT2D eigenvalue weighted by molar-refractivity contribution is 0.102. The van der Waals surface area contributed by atoms with E-state index < -0.39 is 0 Å². The maximum absolute atomic E-state index is 13.1. The number of aromatic nitrogens is 5. The van der Waals surface area contributed by atoms with Gasteiger partial charge in [-0.1, -0.05) is 31.5 Å². The third kappa shape index (κ3) is 4.04. The van der Waals surface area contributed by atoms with Crippen LogP contribution in [0.1, 0.15) is 48.9 Å². The van der Waals surface area contributed by atoms with Gasteiger partial charge in [0.2, 0.25) is 0 Å². The van der Waals surface area contributed by atoms with Gasteiger partial charge in [-0.15, -0.1) is 10.2 Å². The second-order valence-electron chi connectivity index (χ2n) is 8.36. The van der Waals surface area contributed by atoms with Crippen LogP contribution in [0, 0.1) is 0 Å². The highest BCUT2D eigenvalue weighted by Gasteiger charge is 2.18. The van der Waals surface area contributed by atoms with Crippen LogP contribution in [0.4, 0.5) is 5.69 Å². The molecule has 0 fully saturated rings. The first-order valence-corrected chi connectivity index (χ1v) is 11.5. The lowest BCUT2D eigenvalue weighted by Gasteiger charge is -2.11. The molecule has 1 N–H and O–H groups in total. The van der Waals surface area contributed by atoms with Crippen molar-refractivity contribution in [2.75, 3.05) is 5.32 Å². The van der Waals surface area contributed by atoms with Crippen molar-refractivity contribution < 1.29 is 4.79 Å². The SMILES string of the molecule is CCCn1nc(C(=O)Nc2ccc(-c3nnc4n3CCCCC4)cc2)c2ccccc2c1=O. The molecule has 5 rings (SSSR count). The van der Waals surface area contributed by atoms with E-state index in [1.165, 1.54) is 11.1 Å². The third-order valence-corrected chi connectivity index (χ3v) is 6.03. The third-order valence-electron chi connectivity index (χ3n) is 6.03. The van der Waals surface area contributed by atoms with Crippen LogP contribution < -0.4 is 10.9 Å². The summed E-state index contributed by atoms with van der Waals surface area (Å²) >= 11 is 0. The van der Waals surface area contributed by atoms with Gasteiger partial charge in [0, 0.05) is 36.1 Å². The van der Waals surface area contributed by atoms with Gasteiger partial charge in [0.05, 0.1) is 5.39 Å². The summed E-state index contributed by atoms with van der Waals surface area (Å²) in [6.07, 6.45) is 5.20.